The van der Waals surface area contributed by atoms with Crippen molar-refractivity contribution in [3.63, 3.8) is 0 Å². The van der Waals surface area contributed by atoms with Gasteiger partial charge in [0.05, 0.1) is 29.5 Å². The molecule has 2 atom stereocenters. The van der Waals surface area contributed by atoms with E-state index < -0.39 is 0 Å². The zero-order valence-electron chi connectivity index (χ0n) is 10.8. The number of benzene rings is 1. The highest BCUT2D eigenvalue weighted by Crippen LogP contribution is 2.34. The molecule has 100 valence electrons. The fourth-order valence-corrected chi connectivity index (χ4v) is 3.20. The van der Waals surface area contributed by atoms with Crippen molar-refractivity contribution in [3.8, 4) is 0 Å². The van der Waals surface area contributed by atoms with Gasteiger partial charge in [-0.25, -0.2) is 0 Å². The number of rotatable bonds is 3. The molecule has 1 aliphatic rings. The molecule has 0 aliphatic carbocycles. The molecule has 0 saturated carbocycles. The van der Waals surface area contributed by atoms with Crippen molar-refractivity contribution in [2.24, 2.45) is 0 Å². The maximum atomic E-state index is 6.41. The maximum Gasteiger partial charge on any atom is 0.0723 e. The first-order chi connectivity index (χ1) is 8.67. The number of ether oxygens (including phenoxy) is 1. The van der Waals surface area contributed by atoms with Gasteiger partial charge in [0.15, 0.2) is 0 Å². The zero-order chi connectivity index (χ0) is 13.1. The average molecular weight is 333 g/mol. The monoisotopic (exact) mass is 331 g/mol. The zero-order valence-corrected chi connectivity index (χ0v) is 13.2. The van der Waals surface area contributed by atoms with Crippen molar-refractivity contribution in [1.29, 1.82) is 0 Å². The van der Waals surface area contributed by atoms with E-state index in [0.29, 0.717) is 6.04 Å². The molecule has 1 aromatic carbocycles. The smallest absolute Gasteiger partial charge is 0.0723 e. The molecule has 0 radical (unpaired) electrons. The predicted molar refractivity (Wildman–Crippen MR) is 80.9 cm³/mol. The van der Waals surface area contributed by atoms with Gasteiger partial charge in [-0.3, -0.25) is 0 Å². The van der Waals surface area contributed by atoms with Crippen LogP contribution in [0.2, 0.25) is 5.02 Å². The lowest BCUT2D eigenvalue weighted by molar-refractivity contribution is 0.0299. The van der Waals surface area contributed by atoms with Crippen LogP contribution in [0, 0.1) is 0 Å². The van der Waals surface area contributed by atoms with E-state index in [9.17, 15) is 0 Å². The van der Waals surface area contributed by atoms with E-state index in [2.05, 4.69) is 40.7 Å². The van der Waals surface area contributed by atoms with Crippen molar-refractivity contribution >= 4 is 33.2 Å². The highest BCUT2D eigenvalue weighted by atomic mass is 79.9. The maximum absolute atomic E-state index is 6.41. The molecular formula is C14H19BrClNO. The van der Waals surface area contributed by atoms with E-state index in [1.165, 1.54) is 5.56 Å². The molecule has 0 spiro atoms. The molecule has 4 heteroatoms. The third kappa shape index (κ3) is 2.84. The summed E-state index contributed by atoms with van der Waals surface area (Å²) in [4.78, 5) is 2.41. The van der Waals surface area contributed by atoms with Gasteiger partial charge in [0.25, 0.3) is 0 Å². The quantitative estimate of drug-likeness (QED) is 0.768. The summed E-state index contributed by atoms with van der Waals surface area (Å²) in [6.07, 6.45) is 1.33. The molecule has 1 fully saturated rings. The molecule has 0 aromatic heterocycles. The number of anilines is 1. The Labute approximate surface area is 122 Å². The Kier molecular flexibility index (Phi) is 4.93. The van der Waals surface area contributed by atoms with Gasteiger partial charge in [-0.15, -0.1) is 0 Å². The van der Waals surface area contributed by atoms with Gasteiger partial charge >= 0.3 is 0 Å². The summed E-state index contributed by atoms with van der Waals surface area (Å²) in [6.45, 7) is 6.00. The number of hydrogen-bond donors (Lipinski definition) is 0. The first-order valence-electron chi connectivity index (χ1n) is 6.39. The number of halogens is 2. The minimum absolute atomic E-state index is 0.257. The van der Waals surface area contributed by atoms with E-state index in [-0.39, 0.29) is 6.10 Å². The van der Waals surface area contributed by atoms with Crippen LogP contribution in [0.15, 0.2) is 18.2 Å². The number of morpholine rings is 1. The topological polar surface area (TPSA) is 12.5 Å². The summed E-state index contributed by atoms with van der Waals surface area (Å²) in [6, 6.07) is 6.52. The highest BCUT2D eigenvalue weighted by molar-refractivity contribution is 9.08. The second-order valence-electron chi connectivity index (χ2n) is 4.74. The lowest BCUT2D eigenvalue weighted by Gasteiger charge is -2.41. The number of para-hydroxylation sites is 1. The Bertz CT molecular complexity index is 413. The molecule has 18 heavy (non-hydrogen) atoms. The molecule has 1 heterocycles. The molecule has 2 unspecified atom stereocenters. The van der Waals surface area contributed by atoms with E-state index >= 15 is 0 Å². The number of alkyl halides is 1. The van der Waals surface area contributed by atoms with Crippen molar-refractivity contribution in [2.45, 2.75) is 37.7 Å². The lowest BCUT2D eigenvalue weighted by atomic mass is 10.1. The Hall–Kier alpha value is -0.250. The van der Waals surface area contributed by atoms with Gasteiger partial charge in [-0.05, 0) is 25.0 Å². The minimum Gasteiger partial charge on any atom is -0.375 e. The van der Waals surface area contributed by atoms with E-state index in [0.717, 1.165) is 35.6 Å². The summed E-state index contributed by atoms with van der Waals surface area (Å²) >= 11 is 9.96. The summed E-state index contributed by atoms with van der Waals surface area (Å²) in [5.41, 5.74) is 2.41. The molecule has 0 amide bonds. The SMILES string of the molecule is CCC1COC(C)CN1c1c(Cl)cccc1CBr. The van der Waals surface area contributed by atoms with Crippen molar-refractivity contribution < 1.29 is 4.74 Å². The Morgan fingerprint density at radius 3 is 2.94 bits per heavy atom. The Morgan fingerprint density at radius 2 is 2.28 bits per heavy atom. The van der Waals surface area contributed by atoms with Crippen LogP contribution in [0.3, 0.4) is 0 Å². The fourth-order valence-electron chi connectivity index (χ4n) is 2.45. The third-order valence-corrected chi connectivity index (χ3v) is 4.35. The van der Waals surface area contributed by atoms with Crippen LogP contribution in [0.5, 0.6) is 0 Å². The fraction of sp³-hybridized carbons (Fsp3) is 0.571. The normalized spacial score (nSPS) is 24.3. The number of nitrogens with zero attached hydrogens (tertiary/aromatic N) is 1. The number of hydrogen-bond acceptors (Lipinski definition) is 2. The van der Waals surface area contributed by atoms with Crippen LogP contribution in [-0.4, -0.2) is 25.3 Å². The van der Waals surface area contributed by atoms with E-state index in [1.807, 2.05) is 12.1 Å². The van der Waals surface area contributed by atoms with Crippen LogP contribution in [0.25, 0.3) is 0 Å². The van der Waals surface area contributed by atoms with Gasteiger partial charge in [0.2, 0.25) is 0 Å². The molecule has 0 bridgehead atoms. The Balaban J connectivity index is 2.38. The first-order valence-corrected chi connectivity index (χ1v) is 7.88. The molecule has 1 aliphatic heterocycles. The first kappa shape index (κ1) is 14.2. The van der Waals surface area contributed by atoms with E-state index in [1.54, 1.807) is 0 Å². The highest BCUT2D eigenvalue weighted by Gasteiger charge is 2.28. The van der Waals surface area contributed by atoms with Gasteiger partial charge in [-0.2, -0.15) is 0 Å². The standard InChI is InChI=1S/C14H19BrClNO/c1-3-12-9-18-10(2)8-17(12)14-11(7-15)5-4-6-13(14)16/h4-6,10,12H,3,7-9H2,1-2H3. The minimum atomic E-state index is 0.257. The summed E-state index contributed by atoms with van der Waals surface area (Å²) < 4.78 is 5.75. The van der Waals surface area contributed by atoms with Gasteiger partial charge in [0, 0.05) is 11.9 Å². The molecule has 2 nitrogen and oxygen atoms in total. The van der Waals surface area contributed by atoms with Gasteiger partial charge in [0.1, 0.15) is 0 Å². The summed E-state index contributed by atoms with van der Waals surface area (Å²) in [7, 11) is 0. The molecule has 1 aromatic rings. The Morgan fingerprint density at radius 1 is 1.50 bits per heavy atom. The molecular weight excluding hydrogens is 314 g/mol. The largest absolute Gasteiger partial charge is 0.375 e. The second-order valence-corrected chi connectivity index (χ2v) is 5.71. The van der Waals surface area contributed by atoms with Crippen molar-refractivity contribution in [2.75, 3.05) is 18.1 Å². The van der Waals surface area contributed by atoms with Crippen LogP contribution < -0.4 is 4.90 Å². The van der Waals surface area contributed by atoms with E-state index in [4.69, 9.17) is 16.3 Å². The molecule has 1 saturated heterocycles. The third-order valence-electron chi connectivity index (χ3n) is 3.44. The predicted octanol–water partition coefficient (Wildman–Crippen LogP) is 4.24. The summed E-state index contributed by atoms with van der Waals surface area (Å²) in [5.74, 6) is 0. The molecule has 0 N–H and O–H groups in total. The lowest BCUT2D eigenvalue weighted by Crippen LogP contribution is -2.49. The summed E-state index contributed by atoms with van der Waals surface area (Å²) in [5, 5.41) is 1.66. The molecule has 2 rings (SSSR count). The van der Waals surface area contributed by atoms with Crippen molar-refractivity contribution in [1.82, 2.24) is 0 Å². The van der Waals surface area contributed by atoms with Crippen LogP contribution >= 0.6 is 27.5 Å². The second kappa shape index (κ2) is 6.27. The van der Waals surface area contributed by atoms with Gasteiger partial charge < -0.3 is 9.64 Å². The van der Waals surface area contributed by atoms with Crippen molar-refractivity contribution in [3.05, 3.63) is 28.8 Å². The van der Waals surface area contributed by atoms with Crippen LogP contribution in [0.4, 0.5) is 5.69 Å². The van der Waals surface area contributed by atoms with Crippen LogP contribution in [0.1, 0.15) is 25.8 Å². The van der Waals surface area contributed by atoms with Crippen LogP contribution in [-0.2, 0) is 10.1 Å². The van der Waals surface area contributed by atoms with Gasteiger partial charge in [-0.1, -0.05) is 46.6 Å². The average Bonchev–Trinajstić information content (AvgIpc) is 2.38.